The van der Waals surface area contributed by atoms with Gasteiger partial charge in [0.1, 0.15) is 11.3 Å². The van der Waals surface area contributed by atoms with Gasteiger partial charge in [-0.3, -0.25) is 15.3 Å². The van der Waals surface area contributed by atoms with Crippen molar-refractivity contribution in [3.63, 3.8) is 0 Å². The summed E-state index contributed by atoms with van der Waals surface area (Å²) >= 11 is 0. The van der Waals surface area contributed by atoms with E-state index in [1.54, 1.807) is 27.0 Å². The summed E-state index contributed by atoms with van der Waals surface area (Å²) in [5, 5.41) is 2.45. The first-order valence-electron chi connectivity index (χ1n) is 10.8. The van der Waals surface area contributed by atoms with Crippen molar-refractivity contribution in [1.82, 2.24) is 15.3 Å². The number of hydrogen-bond donors (Lipinski definition) is 1. The fourth-order valence-corrected chi connectivity index (χ4v) is 3.54. The number of ether oxygens (including phenoxy) is 3. The molecule has 172 valence electrons. The quantitative estimate of drug-likeness (QED) is 0.487. The molecule has 0 aliphatic heterocycles. The van der Waals surface area contributed by atoms with Crippen LogP contribution in [0.5, 0.6) is 0 Å². The third-order valence-electron chi connectivity index (χ3n) is 5.33. The lowest BCUT2D eigenvalue weighted by atomic mass is 9.76. The maximum absolute atomic E-state index is 12.0. The lowest BCUT2D eigenvalue weighted by Gasteiger charge is -2.41. The lowest BCUT2D eigenvalue weighted by molar-refractivity contribution is -0.136. The Morgan fingerprint density at radius 3 is 2.62 bits per heavy atom. The van der Waals surface area contributed by atoms with Crippen molar-refractivity contribution in [1.29, 1.82) is 0 Å². The van der Waals surface area contributed by atoms with Gasteiger partial charge in [0.05, 0.1) is 30.4 Å². The summed E-state index contributed by atoms with van der Waals surface area (Å²) in [6.07, 6.45) is 7.17. The minimum atomic E-state index is -0.718. The number of aryl methyl sites for hydroxylation is 1. The van der Waals surface area contributed by atoms with Gasteiger partial charge >= 0.3 is 12.1 Å². The standard InChI is InChI=1S/C24H31N3O5/c1-23(2,3)32-22(29)27-20(21(28)30-4)11-16-31-24(12-6-13-24)14-10-17-8-9-18-19(26-17)7-5-15-25-18/h5,7-9,11,15H,6,10,12-14,16H2,1-4H3,(H,27,29). The maximum atomic E-state index is 12.0. The number of nitrogens with one attached hydrogen (secondary N) is 1. The summed E-state index contributed by atoms with van der Waals surface area (Å²) in [6.45, 7) is 5.42. The Kier molecular flexibility index (Phi) is 7.45. The average molecular weight is 442 g/mol. The number of aromatic nitrogens is 2. The SMILES string of the molecule is COC(=O)C(=CCOC1(CCc2ccc3ncccc3n2)CCC1)NC(=O)OC(C)(C)C. The number of rotatable bonds is 8. The molecule has 0 spiro atoms. The van der Waals surface area contributed by atoms with Gasteiger partial charge in [0.25, 0.3) is 0 Å². The van der Waals surface area contributed by atoms with Gasteiger partial charge in [0, 0.05) is 11.9 Å². The van der Waals surface area contributed by atoms with Crippen molar-refractivity contribution >= 4 is 23.1 Å². The van der Waals surface area contributed by atoms with Gasteiger partial charge in [-0.1, -0.05) is 0 Å². The van der Waals surface area contributed by atoms with E-state index in [2.05, 4.69) is 15.3 Å². The zero-order chi connectivity index (χ0) is 23.2. The molecule has 2 aromatic heterocycles. The van der Waals surface area contributed by atoms with E-state index >= 15 is 0 Å². The van der Waals surface area contributed by atoms with E-state index in [0.29, 0.717) is 0 Å². The van der Waals surface area contributed by atoms with E-state index in [0.717, 1.165) is 48.8 Å². The third kappa shape index (κ3) is 6.50. The summed E-state index contributed by atoms with van der Waals surface area (Å²) in [4.78, 5) is 33.1. The van der Waals surface area contributed by atoms with Crippen LogP contribution in [0, 0.1) is 0 Å². The van der Waals surface area contributed by atoms with Crippen LogP contribution in [0.25, 0.3) is 11.0 Å². The number of fused-ring (bicyclic) bond motifs is 1. The third-order valence-corrected chi connectivity index (χ3v) is 5.33. The molecule has 2 aromatic rings. The molecule has 2 heterocycles. The molecule has 1 fully saturated rings. The Bertz CT molecular complexity index is 993. The van der Waals surface area contributed by atoms with Crippen molar-refractivity contribution in [3.8, 4) is 0 Å². The minimum Gasteiger partial charge on any atom is -0.464 e. The molecule has 0 unspecified atom stereocenters. The molecule has 8 heteroatoms. The first-order chi connectivity index (χ1) is 15.2. The van der Waals surface area contributed by atoms with Crippen LogP contribution in [0.15, 0.2) is 42.2 Å². The molecule has 0 bridgehead atoms. The number of carbonyl (C=O) groups is 2. The number of nitrogens with zero attached hydrogens (tertiary/aromatic N) is 2. The van der Waals surface area contributed by atoms with Gasteiger partial charge in [-0.05, 0) is 83.2 Å². The highest BCUT2D eigenvalue weighted by molar-refractivity contribution is 5.92. The van der Waals surface area contributed by atoms with Crippen molar-refractivity contribution in [3.05, 3.63) is 47.9 Å². The van der Waals surface area contributed by atoms with E-state index in [9.17, 15) is 9.59 Å². The van der Waals surface area contributed by atoms with E-state index in [1.807, 2.05) is 24.3 Å². The molecular formula is C24H31N3O5. The number of carbonyl (C=O) groups excluding carboxylic acids is 2. The Labute approximate surface area is 188 Å². The maximum Gasteiger partial charge on any atom is 0.412 e. The van der Waals surface area contributed by atoms with E-state index in [-0.39, 0.29) is 17.9 Å². The summed E-state index contributed by atoms with van der Waals surface area (Å²) in [5.41, 5.74) is 1.83. The molecule has 1 saturated carbocycles. The van der Waals surface area contributed by atoms with Crippen LogP contribution in [-0.4, -0.2) is 46.9 Å². The van der Waals surface area contributed by atoms with Crippen molar-refractivity contribution in [2.75, 3.05) is 13.7 Å². The topological polar surface area (TPSA) is 99.6 Å². The molecule has 0 saturated heterocycles. The molecular weight excluding hydrogens is 410 g/mol. The monoisotopic (exact) mass is 441 g/mol. The van der Waals surface area contributed by atoms with E-state index in [4.69, 9.17) is 14.2 Å². The first-order valence-corrected chi connectivity index (χ1v) is 10.8. The number of methoxy groups -OCH3 is 1. The predicted octanol–water partition coefficient (Wildman–Crippen LogP) is 4.08. The highest BCUT2D eigenvalue weighted by Gasteiger charge is 2.37. The molecule has 8 nitrogen and oxygen atoms in total. The second kappa shape index (κ2) is 10.1. The summed E-state index contributed by atoms with van der Waals surface area (Å²) < 4.78 is 16.1. The van der Waals surface area contributed by atoms with Gasteiger partial charge in [-0.2, -0.15) is 0 Å². The van der Waals surface area contributed by atoms with Crippen LogP contribution in [0.3, 0.4) is 0 Å². The highest BCUT2D eigenvalue weighted by atomic mass is 16.6. The predicted molar refractivity (Wildman–Crippen MR) is 120 cm³/mol. The Hall–Kier alpha value is -3.00. The van der Waals surface area contributed by atoms with Gasteiger partial charge < -0.3 is 14.2 Å². The first kappa shape index (κ1) is 23.7. The van der Waals surface area contributed by atoms with Crippen LogP contribution in [0.1, 0.15) is 52.1 Å². The van der Waals surface area contributed by atoms with Crippen LogP contribution in [0.2, 0.25) is 0 Å². The normalized spacial score (nSPS) is 15.7. The number of hydrogen-bond acceptors (Lipinski definition) is 7. The fraction of sp³-hybridized carbons (Fsp3) is 0.500. The lowest BCUT2D eigenvalue weighted by Crippen LogP contribution is -2.41. The molecule has 3 rings (SSSR count). The number of pyridine rings is 2. The summed E-state index contributed by atoms with van der Waals surface area (Å²) in [7, 11) is 1.26. The van der Waals surface area contributed by atoms with Gasteiger partial charge in [0.15, 0.2) is 0 Å². The Balaban J connectivity index is 1.59. The van der Waals surface area contributed by atoms with Crippen molar-refractivity contribution < 1.29 is 23.8 Å². The second-order valence-corrected chi connectivity index (χ2v) is 8.93. The second-order valence-electron chi connectivity index (χ2n) is 8.93. The smallest absolute Gasteiger partial charge is 0.412 e. The highest BCUT2D eigenvalue weighted by Crippen LogP contribution is 2.39. The van der Waals surface area contributed by atoms with E-state index < -0.39 is 17.7 Å². The largest absolute Gasteiger partial charge is 0.464 e. The molecule has 1 N–H and O–H groups in total. The molecule has 1 aliphatic rings. The number of alkyl carbamates (subject to hydrolysis) is 1. The molecule has 32 heavy (non-hydrogen) atoms. The van der Waals surface area contributed by atoms with Crippen LogP contribution >= 0.6 is 0 Å². The van der Waals surface area contributed by atoms with Gasteiger partial charge in [0.2, 0.25) is 0 Å². The average Bonchev–Trinajstić information content (AvgIpc) is 2.72. The number of esters is 1. The van der Waals surface area contributed by atoms with Crippen molar-refractivity contribution in [2.24, 2.45) is 0 Å². The molecule has 1 aliphatic carbocycles. The molecule has 0 aromatic carbocycles. The Morgan fingerprint density at radius 2 is 1.97 bits per heavy atom. The molecule has 0 atom stereocenters. The van der Waals surface area contributed by atoms with Gasteiger partial charge in [-0.15, -0.1) is 0 Å². The zero-order valence-corrected chi connectivity index (χ0v) is 19.1. The van der Waals surface area contributed by atoms with Crippen LogP contribution in [-0.2, 0) is 25.4 Å². The van der Waals surface area contributed by atoms with Gasteiger partial charge in [-0.25, -0.2) is 9.59 Å². The van der Waals surface area contributed by atoms with E-state index in [1.165, 1.54) is 13.2 Å². The van der Waals surface area contributed by atoms with Crippen LogP contribution in [0.4, 0.5) is 4.79 Å². The summed E-state index contributed by atoms with van der Waals surface area (Å²) in [6, 6.07) is 7.83. The number of amides is 1. The fourth-order valence-electron chi connectivity index (χ4n) is 3.54. The molecule has 1 amide bonds. The Morgan fingerprint density at radius 1 is 1.19 bits per heavy atom. The zero-order valence-electron chi connectivity index (χ0n) is 19.1. The minimum absolute atomic E-state index is 0.0000747. The summed E-state index contributed by atoms with van der Waals surface area (Å²) in [5.74, 6) is -0.656. The molecule has 0 radical (unpaired) electrons. The van der Waals surface area contributed by atoms with Crippen LogP contribution < -0.4 is 5.32 Å². The van der Waals surface area contributed by atoms with Crippen molar-refractivity contribution in [2.45, 2.75) is 64.1 Å².